The lowest BCUT2D eigenvalue weighted by atomic mass is 9.83. The average Bonchev–Trinajstić information content (AvgIpc) is 1.68. The van der Waals surface area contributed by atoms with Gasteiger partial charge in [0.1, 0.15) is 33.5 Å². The van der Waals surface area contributed by atoms with E-state index in [1.165, 1.54) is 0 Å². The van der Waals surface area contributed by atoms with Crippen LogP contribution in [0.25, 0.3) is 283 Å². The van der Waals surface area contributed by atoms with Crippen molar-refractivity contribution in [2.45, 2.75) is 0 Å². The fourth-order valence-corrected chi connectivity index (χ4v) is 20.7. The molecule has 0 aliphatic rings. The molecular formula is C128H76O3. The van der Waals surface area contributed by atoms with Gasteiger partial charge in [-0.1, -0.05) is 418 Å². The molecule has 29 aromatic rings. The average molecular weight is 1690 g/mol. The molecule has 3 heteroatoms. The molecule has 0 fully saturated rings. The van der Waals surface area contributed by atoms with Crippen LogP contribution in [0.4, 0.5) is 0 Å². The normalized spacial score (nSPS) is 14.5. The molecule has 0 saturated carbocycles. The molecule has 29 rings (SSSR count). The Bertz CT molecular complexity index is 11200. The van der Waals surface area contributed by atoms with Gasteiger partial charge in [0.15, 0.2) is 0 Å². The van der Waals surface area contributed by atoms with Gasteiger partial charge in [0.05, 0.1) is 32.9 Å². The molecule has 0 N–H and O–H groups in total. The Balaban J connectivity index is 0.000000113. The van der Waals surface area contributed by atoms with Crippen LogP contribution in [-0.4, -0.2) is 0 Å². The monoisotopic (exact) mass is 1680 g/mol. The van der Waals surface area contributed by atoms with Crippen LogP contribution in [0.15, 0.2) is 474 Å². The second-order valence-corrected chi connectivity index (χ2v) is 33.0. The predicted octanol–water partition coefficient (Wildman–Crippen LogP) is 36.9. The van der Waals surface area contributed by atoms with E-state index in [-0.39, 0.29) is 137 Å². The largest absolute Gasteiger partial charge is 0.456 e. The summed E-state index contributed by atoms with van der Waals surface area (Å²) in [5.41, 5.74) is 8.92. The summed E-state index contributed by atoms with van der Waals surface area (Å²) in [6.07, 6.45) is 0. The van der Waals surface area contributed by atoms with Crippen LogP contribution < -0.4 is 0 Å². The summed E-state index contributed by atoms with van der Waals surface area (Å²) in [6, 6.07) is 92.1. The number of hydrogen-bond acceptors (Lipinski definition) is 3. The van der Waals surface area contributed by atoms with Crippen molar-refractivity contribution in [1.29, 1.82) is 0 Å². The molecule has 26 aromatic carbocycles. The number of rotatable bonds is 6. The molecule has 0 atom stereocenters. The van der Waals surface area contributed by atoms with E-state index in [9.17, 15) is 16.4 Å². The molecular weight excluding hydrogens is 1590 g/mol. The van der Waals surface area contributed by atoms with Crippen molar-refractivity contribution in [1.82, 2.24) is 0 Å². The standard InChI is InChI=1S/2C44H26O.C40H24O/c1-3-15-29-27(12-1)14-11-23-32(29)41-34-19-7-9-21-36(34)42(37-22-10-8-20-35(37)41)38-26-40-44(33-18-6-5-17-31(33)38)43-30-16-4-2-13-28(30)24-25-39(43)45-40;1-2-13-29-25-30(22-21-27(29)11-1)41-34-17-7-9-19-36(34)42(37-20-10-8-18-35(37)41)38-26-40-44(33-16-6-5-15-32(33)38)43-31-14-4-3-12-28(31)23-24-39(43)45-40;1-2-13-26(14-3-1)37-30-18-8-10-20-32(30)38(33-21-11-9-19-31(33)37)34-24-36-40(29-17-7-6-16-28(29)34)39-27-15-5-4-12-25(27)22-23-35(39)41-36/h2*1-26H;1-24H/i7D,8D,9D,10D,19D,20D,21D,22D;7D,8D,9D,10D,17D,18D,19D,20D;8D,9D,10D,11D,18D,19D,20D,21D. The van der Waals surface area contributed by atoms with E-state index >= 15 is 0 Å². The molecule has 3 nitrogen and oxygen atoms in total. The summed E-state index contributed by atoms with van der Waals surface area (Å²) >= 11 is 0. The van der Waals surface area contributed by atoms with Gasteiger partial charge in [-0.15, -0.1) is 0 Å². The minimum atomic E-state index is -0.437. The van der Waals surface area contributed by atoms with Gasteiger partial charge in [0.25, 0.3) is 0 Å². The van der Waals surface area contributed by atoms with Gasteiger partial charge in [-0.25, -0.2) is 0 Å². The minimum Gasteiger partial charge on any atom is -0.456 e. The zero-order valence-corrected chi connectivity index (χ0v) is 69.2. The lowest BCUT2D eigenvalue weighted by Crippen LogP contribution is -1.92. The lowest BCUT2D eigenvalue weighted by Gasteiger charge is -2.20. The summed E-state index contributed by atoms with van der Waals surface area (Å²) in [4.78, 5) is 0. The Labute approximate surface area is 786 Å². The molecule has 3 aromatic heterocycles. The number of fused-ring (bicyclic) bond motifs is 29. The fourth-order valence-electron chi connectivity index (χ4n) is 20.7. The van der Waals surface area contributed by atoms with Crippen LogP contribution in [0.3, 0.4) is 0 Å². The van der Waals surface area contributed by atoms with Crippen molar-refractivity contribution < 1.29 is 46.1 Å². The van der Waals surface area contributed by atoms with E-state index in [0.717, 1.165) is 118 Å². The Morgan fingerprint density at radius 3 is 0.733 bits per heavy atom. The molecule has 0 amide bonds. The molecule has 3 heterocycles. The van der Waals surface area contributed by atoms with Gasteiger partial charge in [0.2, 0.25) is 0 Å². The van der Waals surface area contributed by atoms with E-state index in [1.54, 1.807) is 24.3 Å². The summed E-state index contributed by atoms with van der Waals surface area (Å²) in [7, 11) is 0. The summed E-state index contributed by atoms with van der Waals surface area (Å²) in [5, 5.41) is 22.2. The maximum atomic E-state index is 9.48. The SMILES string of the molecule is [2H]c1c([2H])c([2H])c2c(-c3cc4oc5ccc6ccccc6c5c4c4ccccc34)c3c([2H])c([2H])c([2H])c([2H])c3c(-c3ccc4ccccc4c3)c2c1[2H].[2H]c1c([2H])c([2H])c2c(-c3cc4oc5ccc6ccccc6c5c4c4ccccc34)c3c([2H])c([2H])c([2H])c([2H])c3c(-c3cccc4ccccc34)c2c1[2H].[2H]c1c([2H])c([2H])c2c(-c3cc4oc5ccc6ccccc6c5c4c4ccccc34)c3c([2H])c([2H])c([2H])c([2H])c3c(-c3ccccc3)c2c1[2H]. The Morgan fingerprint density at radius 2 is 0.382 bits per heavy atom. The van der Waals surface area contributed by atoms with Gasteiger partial charge < -0.3 is 13.3 Å². The molecule has 0 radical (unpaired) electrons. The van der Waals surface area contributed by atoms with Gasteiger partial charge in [0, 0.05) is 32.3 Å². The zero-order valence-electron chi connectivity index (χ0n) is 93.2. The summed E-state index contributed by atoms with van der Waals surface area (Å²) in [6.45, 7) is 0. The van der Waals surface area contributed by atoms with Gasteiger partial charge in [-0.05, 0) is 260 Å². The smallest absolute Gasteiger partial charge is 0.136 e. The molecule has 606 valence electrons. The third kappa shape index (κ3) is 11.5. The third-order valence-electron chi connectivity index (χ3n) is 26.2. The van der Waals surface area contributed by atoms with Gasteiger partial charge >= 0.3 is 0 Å². The van der Waals surface area contributed by atoms with Crippen molar-refractivity contribution in [3.63, 3.8) is 0 Å². The minimum absolute atomic E-state index is 0.169. The molecule has 0 aliphatic heterocycles. The van der Waals surface area contributed by atoms with Crippen LogP contribution in [0, 0.1) is 0 Å². The van der Waals surface area contributed by atoms with Gasteiger partial charge in [-0.3, -0.25) is 0 Å². The fraction of sp³-hybridized carbons (Fsp3) is 0. The number of benzene rings is 26. The quantitative estimate of drug-likeness (QED) is 0.156. The maximum Gasteiger partial charge on any atom is 0.136 e. The Morgan fingerprint density at radius 1 is 0.137 bits per heavy atom. The second kappa shape index (κ2) is 29.7. The number of hydrogen-bond donors (Lipinski definition) is 0. The third-order valence-corrected chi connectivity index (χ3v) is 26.2. The van der Waals surface area contributed by atoms with E-state index in [2.05, 4.69) is 36.4 Å². The van der Waals surface area contributed by atoms with Gasteiger partial charge in [-0.2, -0.15) is 0 Å². The molecule has 0 spiro atoms. The van der Waals surface area contributed by atoms with E-state index in [0.29, 0.717) is 100 Å². The lowest BCUT2D eigenvalue weighted by molar-refractivity contribution is 0.669. The van der Waals surface area contributed by atoms with E-state index in [1.807, 2.05) is 255 Å². The molecule has 0 bridgehead atoms. The first-order valence-corrected chi connectivity index (χ1v) is 43.2. The number of furan rings is 3. The van der Waals surface area contributed by atoms with Crippen molar-refractivity contribution in [3.8, 4) is 66.8 Å². The molecule has 0 unspecified atom stereocenters. The highest BCUT2D eigenvalue weighted by atomic mass is 16.3. The Hall–Kier alpha value is -17.2. The van der Waals surface area contributed by atoms with Crippen molar-refractivity contribution in [3.05, 3.63) is 460 Å². The highest BCUT2D eigenvalue weighted by Gasteiger charge is 2.28. The molecule has 0 aliphatic carbocycles. The molecule has 0 saturated heterocycles. The Kier molecular flexibility index (Phi) is 12.2. The van der Waals surface area contributed by atoms with Crippen LogP contribution >= 0.6 is 0 Å². The maximum absolute atomic E-state index is 9.48. The van der Waals surface area contributed by atoms with Crippen LogP contribution in [0.1, 0.15) is 32.9 Å². The van der Waals surface area contributed by atoms with Crippen LogP contribution in [-0.2, 0) is 0 Å². The second-order valence-electron chi connectivity index (χ2n) is 33.0. The summed E-state index contributed by atoms with van der Waals surface area (Å²) < 4.78 is 238. The van der Waals surface area contributed by atoms with E-state index < -0.39 is 72.5 Å². The predicted molar refractivity (Wildman–Crippen MR) is 559 cm³/mol. The highest BCUT2D eigenvalue weighted by molar-refractivity contribution is 6.36. The zero-order chi connectivity index (χ0) is 107. The topological polar surface area (TPSA) is 39.4 Å². The van der Waals surface area contributed by atoms with Crippen molar-refractivity contribution >= 4 is 217 Å². The highest BCUT2D eigenvalue weighted by Crippen LogP contribution is 2.55. The van der Waals surface area contributed by atoms with Crippen molar-refractivity contribution in [2.75, 3.05) is 0 Å². The molecule has 131 heavy (non-hydrogen) atoms. The van der Waals surface area contributed by atoms with Crippen molar-refractivity contribution in [2.24, 2.45) is 0 Å². The first-order valence-electron chi connectivity index (χ1n) is 55.2. The summed E-state index contributed by atoms with van der Waals surface area (Å²) in [5.74, 6) is 0. The van der Waals surface area contributed by atoms with E-state index in [4.69, 9.17) is 29.7 Å². The first kappa shape index (κ1) is 53.9. The van der Waals surface area contributed by atoms with Crippen LogP contribution in [0.5, 0.6) is 0 Å². The first-order chi connectivity index (χ1) is 75.0. The van der Waals surface area contributed by atoms with Crippen LogP contribution in [0.2, 0.25) is 0 Å².